The van der Waals surface area contributed by atoms with Crippen molar-refractivity contribution >= 4 is 32.4 Å². The van der Waals surface area contributed by atoms with Gasteiger partial charge in [0.15, 0.2) is 5.84 Å². The summed E-state index contributed by atoms with van der Waals surface area (Å²) in [6, 6.07) is 22.4. The van der Waals surface area contributed by atoms with E-state index in [4.69, 9.17) is 0 Å². The Labute approximate surface area is 189 Å². The number of aromatic hydroxyl groups is 1. The molecule has 0 amide bonds. The van der Waals surface area contributed by atoms with Gasteiger partial charge in [0.05, 0.1) is 17.2 Å². The monoisotopic (exact) mass is 460 g/mol. The van der Waals surface area contributed by atoms with Crippen molar-refractivity contribution in [3.63, 3.8) is 0 Å². The summed E-state index contributed by atoms with van der Waals surface area (Å²) < 4.78 is 30.6. The summed E-state index contributed by atoms with van der Waals surface area (Å²) in [7, 11) is -4.06. The number of fused-ring (bicyclic) bond motifs is 2. The zero-order chi connectivity index (χ0) is 23.2. The van der Waals surface area contributed by atoms with Crippen LogP contribution in [-0.4, -0.2) is 24.0 Å². The maximum absolute atomic E-state index is 13.6. The lowest BCUT2D eigenvalue weighted by Crippen LogP contribution is -2.37. The summed E-state index contributed by atoms with van der Waals surface area (Å²) in [6.45, 7) is 1.90. The van der Waals surface area contributed by atoms with Gasteiger partial charge in [-0.25, -0.2) is 4.68 Å². The van der Waals surface area contributed by atoms with Crippen LogP contribution in [0.5, 0.6) is 5.75 Å². The van der Waals surface area contributed by atoms with Gasteiger partial charge in [-0.1, -0.05) is 54.6 Å². The third-order valence-electron chi connectivity index (χ3n) is 5.54. The number of anilines is 1. The Kier molecular flexibility index (Phi) is 4.90. The lowest BCUT2D eigenvalue weighted by Gasteiger charge is -2.23. The molecule has 1 unspecified atom stereocenters. The number of amidine groups is 1. The van der Waals surface area contributed by atoms with Crippen LogP contribution in [0.4, 0.5) is 5.69 Å². The molecule has 0 fully saturated rings. The SMILES string of the molecule is CC(Nn1c(=O)c(C2=NS(=O)(=O)c3ccccc3N2)c(O)c2ccccc21)c1ccccc1. The second-order valence-corrected chi connectivity index (χ2v) is 9.25. The molecule has 0 bridgehead atoms. The van der Waals surface area contributed by atoms with Crippen LogP contribution >= 0.6 is 0 Å². The molecule has 1 aliphatic heterocycles. The van der Waals surface area contributed by atoms with Gasteiger partial charge in [0, 0.05) is 5.39 Å². The molecule has 1 atom stereocenters. The third kappa shape index (κ3) is 3.52. The Morgan fingerprint density at radius 2 is 1.64 bits per heavy atom. The number of nitrogens with one attached hydrogen (secondary N) is 2. The number of pyridine rings is 1. The van der Waals surface area contributed by atoms with Gasteiger partial charge < -0.3 is 15.8 Å². The Hall–Kier alpha value is -4.11. The van der Waals surface area contributed by atoms with Crippen molar-refractivity contribution in [2.75, 3.05) is 10.7 Å². The van der Waals surface area contributed by atoms with E-state index in [2.05, 4.69) is 15.1 Å². The molecule has 0 saturated carbocycles. The maximum Gasteiger partial charge on any atom is 0.286 e. The highest BCUT2D eigenvalue weighted by molar-refractivity contribution is 7.90. The standard InChI is InChI=1S/C24H20N4O4S/c1-15(16-9-3-2-4-10-16)26-28-19-13-7-5-11-17(19)22(29)21(24(28)30)23-25-18-12-6-8-14-20(18)33(31,32)27-23/h2-15,26,29H,1H3,(H,25,27). The third-order valence-corrected chi connectivity index (χ3v) is 6.88. The van der Waals surface area contributed by atoms with Crippen LogP contribution in [0.3, 0.4) is 0 Å². The zero-order valence-corrected chi connectivity index (χ0v) is 18.4. The minimum absolute atomic E-state index is 0.00480. The lowest BCUT2D eigenvalue weighted by molar-refractivity contribution is 0.478. The van der Waals surface area contributed by atoms with Crippen molar-refractivity contribution in [3.05, 3.63) is 100 Å². The van der Waals surface area contributed by atoms with E-state index < -0.39 is 15.6 Å². The minimum Gasteiger partial charge on any atom is -0.506 e. The summed E-state index contributed by atoms with van der Waals surface area (Å²) in [5.41, 5.74) is 4.00. The Balaban J connectivity index is 1.72. The van der Waals surface area contributed by atoms with Crippen LogP contribution in [0.2, 0.25) is 0 Å². The van der Waals surface area contributed by atoms with Gasteiger partial charge >= 0.3 is 0 Å². The molecule has 5 rings (SSSR count). The van der Waals surface area contributed by atoms with Crippen LogP contribution < -0.4 is 16.3 Å². The number of rotatable bonds is 4. The van der Waals surface area contributed by atoms with Crippen molar-refractivity contribution in [3.8, 4) is 5.75 Å². The van der Waals surface area contributed by atoms with E-state index in [9.17, 15) is 18.3 Å². The molecule has 1 aromatic heterocycles. The van der Waals surface area contributed by atoms with E-state index in [-0.39, 0.29) is 33.8 Å². The molecule has 1 aliphatic rings. The Morgan fingerprint density at radius 1 is 0.970 bits per heavy atom. The molecular weight excluding hydrogens is 440 g/mol. The average Bonchev–Trinajstić information content (AvgIpc) is 2.82. The van der Waals surface area contributed by atoms with Gasteiger partial charge in [0.2, 0.25) is 0 Å². The number of para-hydroxylation sites is 2. The van der Waals surface area contributed by atoms with Crippen molar-refractivity contribution < 1.29 is 13.5 Å². The van der Waals surface area contributed by atoms with Gasteiger partial charge in [-0.05, 0) is 36.8 Å². The first kappa shape index (κ1) is 20.8. The Morgan fingerprint density at radius 3 is 2.42 bits per heavy atom. The summed E-state index contributed by atoms with van der Waals surface area (Å²) in [5, 5.41) is 14.3. The first-order valence-electron chi connectivity index (χ1n) is 10.3. The van der Waals surface area contributed by atoms with Gasteiger partial charge in [0.25, 0.3) is 15.6 Å². The second-order valence-electron chi connectivity index (χ2n) is 7.68. The van der Waals surface area contributed by atoms with Crippen LogP contribution in [-0.2, 0) is 10.0 Å². The molecule has 3 aromatic carbocycles. The molecule has 9 heteroatoms. The Bertz CT molecular complexity index is 1580. The van der Waals surface area contributed by atoms with Gasteiger partial charge in [-0.15, -0.1) is 4.40 Å². The van der Waals surface area contributed by atoms with E-state index in [1.165, 1.54) is 10.7 Å². The normalized spacial score (nSPS) is 15.2. The number of aromatic nitrogens is 1. The predicted octanol–water partition coefficient (Wildman–Crippen LogP) is 3.57. The van der Waals surface area contributed by atoms with Crippen molar-refractivity contribution in [2.45, 2.75) is 17.9 Å². The molecule has 0 radical (unpaired) electrons. The second kappa shape index (κ2) is 7.79. The van der Waals surface area contributed by atoms with E-state index in [0.717, 1.165) is 5.56 Å². The molecule has 8 nitrogen and oxygen atoms in total. The predicted molar refractivity (Wildman–Crippen MR) is 128 cm³/mol. The summed E-state index contributed by atoms with van der Waals surface area (Å²) in [4.78, 5) is 13.6. The first-order chi connectivity index (χ1) is 15.9. The molecule has 2 heterocycles. The average molecular weight is 461 g/mol. The van der Waals surface area contributed by atoms with E-state index in [0.29, 0.717) is 10.9 Å². The molecule has 3 N–H and O–H groups in total. The van der Waals surface area contributed by atoms with Crippen LogP contribution in [0, 0.1) is 0 Å². The number of sulfonamides is 1. The number of hydrogen-bond acceptors (Lipinski definition) is 6. The molecule has 0 aliphatic carbocycles. The summed E-state index contributed by atoms with van der Waals surface area (Å²) in [6.07, 6.45) is 0. The van der Waals surface area contributed by atoms with E-state index in [1.807, 2.05) is 37.3 Å². The van der Waals surface area contributed by atoms with Crippen LogP contribution in [0.25, 0.3) is 10.9 Å². The van der Waals surface area contributed by atoms with Crippen molar-refractivity contribution in [2.24, 2.45) is 4.40 Å². The van der Waals surface area contributed by atoms with Gasteiger partial charge in [-0.2, -0.15) is 8.42 Å². The molecular formula is C24H20N4O4S. The number of hydrogen-bond donors (Lipinski definition) is 3. The molecule has 0 spiro atoms. The van der Waals surface area contributed by atoms with Crippen LogP contribution in [0.15, 0.2) is 93.0 Å². The minimum atomic E-state index is -4.06. The highest BCUT2D eigenvalue weighted by Gasteiger charge is 2.29. The number of benzene rings is 3. The lowest BCUT2D eigenvalue weighted by atomic mass is 10.1. The summed E-state index contributed by atoms with van der Waals surface area (Å²) >= 11 is 0. The topological polar surface area (TPSA) is 113 Å². The quantitative estimate of drug-likeness (QED) is 0.429. The zero-order valence-electron chi connectivity index (χ0n) is 17.6. The van der Waals surface area contributed by atoms with Crippen molar-refractivity contribution in [1.29, 1.82) is 0 Å². The van der Waals surface area contributed by atoms with Gasteiger partial charge in [0.1, 0.15) is 16.2 Å². The fourth-order valence-electron chi connectivity index (χ4n) is 3.90. The molecule has 33 heavy (non-hydrogen) atoms. The van der Waals surface area contributed by atoms with E-state index >= 15 is 0 Å². The smallest absolute Gasteiger partial charge is 0.286 e. The van der Waals surface area contributed by atoms with Crippen LogP contribution in [0.1, 0.15) is 24.1 Å². The fraction of sp³-hybridized carbons (Fsp3) is 0.0833. The first-order valence-corrected chi connectivity index (χ1v) is 11.7. The summed E-state index contributed by atoms with van der Waals surface area (Å²) in [5.74, 6) is -0.577. The van der Waals surface area contributed by atoms with Gasteiger partial charge in [-0.3, -0.25) is 4.79 Å². The highest BCUT2D eigenvalue weighted by atomic mass is 32.2. The fourth-order valence-corrected chi connectivity index (χ4v) is 5.02. The van der Waals surface area contributed by atoms with Crippen molar-refractivity contribution in [1.82, 2.24) is 4.68 Å². The highest BCUT2D eigenvalue weighted by Crippen LogP contribution is 2.32. The molecule has 166 valence electrons. The maximum atomic E-state index is 13.6. The largest absolute Gasteiger partial charge is 0.506 e. The number of nitrogens with zero attached hydrogens (tertiary/aromatic N) is 2. The van der Waals surface area contributed by atoms with E-state index in [1.54, 1.807) is 42.5 Å². The molecule has 4 aromatic rings. The molecule has 0 saturated heterocycles.